The van der Waals surface area contributed by atoms with Crippen LogP contribution in [0.4, 0.5) is 0 Å². The molecule has 1 saturated carbocycles. The highest BCUT2D eigenvalue weighted by molar-refractivity contribution is 14.0. The van der Waals surface area contributed by atoms with E-state index in [2.05, 4.69) is 49.8 Å². The predicted molar refractivity (Wildman–Crippen MR) is 114 cm³/mol. The Hall–Kier alpha value is -0.350. The molecule has 2 N–H and O–H groups in total. The molecule has 1 aliphatic rings. The summed E-state index contributed by atoms with van der Waals surface area (Å²) in [5, 5.41) is 6.26. The first-order valence-electron chi connectivity index (χ1n) is 7.81. The first-order chi connectivity index (χ1) is 10.8. The minimum absolute atomic E-state index is 0. The molecule has 1 aliphatic carbocycles. The lowest BCUT2D eigenvalue weighted by atomic mass is 9.96. The van der Waals surface area contributed by atoms with Crippen LogP contribution in [0, 0.1) is 0 Å². The third-order valence-electron chi connectivity index (χ3n) is 3.94. The van der Waals surface area contributed by atoms with Gasteiger partial charge in [-0.3, -0.25) is 4.99 Å². The Labute approximate surface area is 170 Å². The molecular weight excluding hydrogens is 505 g/mol. The Morgan fingerprint density at radius 1 is 1.33 bits per heavy atom. The molecule has 0 amide bonds. The summed E-state index contributed by atoms with van der Waals surface area (Å²) >= 11 is 3.52. The number of nitrogens with zero attached hydrogens (tertiary/aromatic N) is 1. The summed E-state index contributed by atoms with van der Waals surface area (Å²) in [6.45, 7) is 3.82. The van der Waals surface area contributed by atoms with E-state index in [1.165, 1.54) is 11.8 Å². The summed E-state index contributed by atoms with van der Waals surface area (Å²) in [5.41, 5.74) is 1.44. The van der Waals surface area contributed by atoms with Gasteiger partial charge in [-0.25, -0.2) is 8.42 Å². The van der Waals surface area contributed by atoms with Gasteiger partial charge in [-0.05, 0) is 37.5 Å². The SMILES string of the molecule is CCNC(=NCC1(c2cccc(Br)c2)CC1)NCCS(C)(=O)=O.I. The zero-order chi connectivity index (χ0) is 16.9. The molecule has 0 aromatic heterocycles. The van der Waals surface area contributed by atoms with Crippen LogP contribution in [0.25, 0.3) is 0 Å². The largest absolute Gasteiger partial charge is 0.357 e. The maximum atomic E-state index is 11.2. The Kier molecular flexibility index (Phi) is 8.47. The molecule has 0 radical (unpaired) electrons. The van der Waals surface area contributed by atoms with Crippen molar-refractivity contribution in [2.24, 2.45) is 4.99 Å². The minimum Gasteiger partial charge on any atom is -0.357 e. The lowest BCUT2D eigenvalue weighted by Gasteiger charge is -2.16. The van der Waals surface area contributed by atoms with Crippen molar-refractivity contribution in [3.8, 4) is 0 Å². The molecule has 136 valence electrons. The summed E-state index contributed by atoms with van der Waals surface area (Å²) in [7, 11) is -2.96. The average molecular weight is 530 g/mol. The quantitative estimate of drug-likeness (QED) is 0.324. The van der Waals surface area contributed by atoms with E-state index >= 15 is 0 Å². The van der Waals surface area contributed by atoms with E-state index in [4.69, 9.17) is 0 Å². The molecule has 0 aliphatic heterocycles. The van der Waals surface area contributed by atoms with Crippen LogP contribution in [-0.4, -0.2) is 46.0 Å². The van der Waals surface area contributed by atoms with Crippen LogP contribution >= 0.6 is 39.9 Å². The highest BCUT2D eigenvalue weighted by Gasteiger charge is 2.44. The Morgan fingerprint density at radius 2 is 2.04 bits per heavy atom. The maximum Gasteiger partial charge on any atom is 0.191 e. The van der Waals surface area contributed by atoms with Gasteiger partial charge in [-0.2, -0.15) is 0 Å². The van der Waals surface area contributed by atoms with E-state index in [0.717, 1.165) is 23.9 Å². The molecule has 0 bridgehead atoms. The van der Waals surface area contributed by atoms with Crippen molar-refractivity contribution in [1.82, 2.24) is 10.6 Å². The van der Waals surface area contributed by atoms with Gasteiger partial charge < -0.3 is 10.6 Å². The number of hydrogen-bond donors (Lipinski definition) is 2. The zero-order valence-corrected chi connectivity index (χ0v) is 18.7. The summed E-state index contributed by atoms with van der Waals surface area (Å²) in [5.74, 6) is 0.784. The molecule has 0 unspecified atom stereocenters. The van der Waals surface area contributed by atoms with E-state index < -0.39 is 9.84 Å². The number of benzene rings is 1. The number of sulfone groups is 1. The van der Waals surface area contributed by atoms with E-state index in [1.54, 1.807) is 0 Å². The molecular formula is C16H25BrIN3O2S. The number of aliphatic imine (C=N–C) groups is 1. The molecule has 1 aromatic carbocycles. The summed E-state index contributed by atoms with van der Waals surface area (Å²) in [4.78, 5) is 4.66. The van der Waals surface area contributed by atoms with Crippen molar-refractivity contribution in [2.75, 3.05) is 31.6 Å². The smallest absolute Gasteiger partial charge is 0.191 e. The molecule has 5 nitrogen and oxygen atoms in total. The molecule has 1 aromatic rings. The van der Waals surface area contributed by atoms with Crippen LogP contribution < -0.4 is 10.6 Å². The van der Waals surface area contributed by atoms with Gasteiger partial charge in [0.15, 0.2) is 5.96 Å². The van der Waals surface area contributed by atoms with E-state index in [9.17, 15) is 8.42 Å². The molecule has 0 atom stereocenters. The van der Waals surface area contributed by atoms with Crippen molar-refractivity contribution in [3.63, 3.8) is 0 Å². The molecule has 0 heterocycles. The fraction of sp³-hybridized carbons (Fsp3) is 0.562. The molecule has 1 fully saturated rings. The van der Waals surface area contributed by atoms with E-state index in [1.807, 2.05) is 13.0 Å². The molecule has 0 saturated heterocycles. The van der Waals surface area contributed by atoms with Crippen molar-refractivity contribution >= 4 is 55.7 Å². The highest BCUT2D eigenvalue weighted by atomic mass is 127. The van der Waals surface area contributed by atoms with Crippen LogP contribution in [0.5, 0.6) is 0 Å². The number of halogens is 2. The van der Waals surface area contributed by atoms with Gasteiger partial charge in [0.1, 0.15) is 9.84 Å². The minimum atomic E-state index is -2.96. The topological polar surface area (TPSA) is 70.6 Å². The number of guanidine groups is 1. The van der Waals surface area contributed by atoms with E-state index in [-0.39, 0.29) is 35.1 Å². The fourth-order valence-corrected chi connectivity index (χ4v) is 3.31. The van der Waals surface area contributed by atoms with Gasteiger partial charge in [-0.15, -0.1) is 24.0 Å². The van der Waals surface area contributed by atoms with Crippen LogP contribution in [-0.2, 0) is 15.3 Å². The standard InChI is InChI=1S/C16H24BrN3O2S.HI/c1-3-18-15(19-9-10-23(2,21)22)20-12-16(7-8-16)13-5-4-6-14(17)11-13;/h4-6,11H,3,7-10,12H2,1-2H3,(H2,18,19,20);1H. The summed E-state index contributed by atoms with van der Waals surface area (Å²) in [6, 6.07) is 8.39. The number of rotatable bonds is 7. The van der Waals surface area contributed by atoms with Crippen molar-refractivity contribution in [1.29, 1.82) is 0 Å². The summed E-state index contributed by atoms with van der Waals surface area (Å²) in [6.07, 6.45) is 3.51. The molecule has 2 rings (SSSR count). The van der Waals surface area contributed by atoms with Crippen molar-refractivity contribution in [2.45, 2.75) is 25.2 Å². The number of hydrogen-bond acceptors (Lipinski definition) is 3. The lowest BCUT2D eigenvalue weighted by molar-refractivity contribution is 0.600. The molecule has 8 heteroatoms. The lowest BCUT2D eigenvalue weighted by Crippen LogP contribution is -2.40. The van der Waals surface area contributed by atoms with Gasteiger partial charge >= 0.3 is 0 Å². The van der Waals surface area contributed by atoms with Gasteiger partial charge in [0.05, 0.1) is 12.3 Å². The normalized spacial score (nSPS) is 16.2. The third-order valence-corrected chi connectivity index (χ3v) is 5.38. The predicted octanol–water partition coefficient (Wildman–Crippen LogP) is 2.70. The third kappa shape index (κ3) is 6.87. The van der Waals surface area contributed by atoms with Crippen molar-refractivity contribution < 1.29 is 8.42 Å². The maximum absolute atomic E-state index is 11.2. The van der Waals surface area contributed by atoms with Crippen molar-refractivity contribution in [3.05, 3.63) is 34.3 Å². The number of nitrogens with one attached hydrogen (secondary N) is 2. The van der Waals surface area contributed by atoms with Crippen LogP contribution in [0.1, 0.15) is 25.3 Å². The monoisotopic (exact) mass is 529 g/mol. The average Bonchev–Trinajstić information content (AvgIpc) is 3.25. The van der Waals surface area contributed by atoms with E-state index in [0.29, 0.717) is 19.0 Å². The van der Waals surface area contributed by atoms with Gasteiger partial charge in [0.2, 0.25) is 0 Å². The zero-order valence-electron chi connectivity index (χ0n) is 14.0. The highest BCUT2D eigenvalue weighted by Crippen LogP contribution is 2.48. The Bertz CT molecular complexity index is 676. The molecule has 24 heavy (non-hydrogen) atoms. The van der Waals surface area contributed by atoms with Gasteiger partial charge in [-0.1, -0.05) is 28.1 Å². The van der Waals surface area contributed by atoms with Crippen LogP contribution in [0.2, 0.25) is 0 Å². The van der Waals surface area contributed by atoms with Crippen LogP contribution in [0.3, 0.4) is 0 Å². The first-order valence-corrected chi connectivity index (χ1v) is 10.7. The molecule has 0 spiro atoms. The van der Waals surface area contributed by atoms with Gasteiger partial charge in [0, 0.05) is 29.2 Å². The van der Waals surface area contributed by atoms with Crippen LogP contribution in [0.15, 0.2) is 33.7 Å². The Morgan fingerprint density at radius 3 is 2.58 bits per heavy atom. The Balaban J connectivity index is 0.00000288. The second-order valence-electron chi connectivity index (χ2n) is 6.04. The second kappa shape index (κ2) is 9.38. The van der Waals surface area contributed by atoms with Gasteiger partial charge in [0.25, 0.3) is 0 Å². The second-order valence-corrected chi connectivity index (χ2v) is 9.22. The summed E-state index contributed by atoms with van der Waals surface area (Å²) < 4.78 is 23.5. The fourth-order valence-electron chi connectivity index (χ4n) is 2.43. The first kappa shape index (κ1) is 21.7.